The molecule has 0 bridgehead atoms. The molecule has 0 N–H and O–H groups in total. The van der Waals surface area contributed by atoms with Crippen molar-refractivity contribution in [2.75, 3.05) is 7.05 Å². The maximum absolute atomic E-state index is 3.99. The van der Waals surface area contributed by atoms with Crippen LogP contribution in [0.5, 0.6) is 0 Å². The van der Waals surface area contributed by atoms with Gasteiger partial charge in [0.25, 0.3) is 0 Å². The molecule has 0 radical (unpaired) electrons. The summed E-state index contributed by atoms with van der Waals surface area (Å²) in [6, 6.07) is 0.734. The number of rotatable bonds is 1. The molecule has 1 saturated carbocycles. The van der Waals surface area contributed by atoms with Gasteiger partial charge in [0.05, 0.1) is 0 Å². The third-order valence-electron chi connectivity index (χ3n) is 3.51. The zero-order valence-corrected chi connectivity index (χ0v) is 8.71. The van der Waals surface area contributed by atoms with Crippen molar-refractivity contribution in [1.29, 1.82) is 0 Å². The van der Waals surface area contributed by atoms with Crippen LogP contribution in [0.3, 0.4) is 0 Å². The molecule has 0 aromatic carbocycles. The van der Waals surface area contributed by atoms with Gasteiger partial charge >= 0.3 is 0 Å². The molecule has 0 aromatic heterocycles. The highest BCUT2D eigenvalue weighted by atomic mass is 15.0. The predicted octanol–water partition coefficient (Wildman–Crippen LogP) is 2.54. The summed E-state index contributed by atoms with van der Waals surface area (Å²) < 4.78 is 2.14. The van der Waals surface area contributed by atoms with Crippen molar-refractivity contribution in [1.82, 2.24) is 0 Å². The van der Waals surface area contributed by atoms with Gasteiger partial charge in [-0.25, -0.2) is 4.58 Å². The standard InChI is InChI=1S/C11H22N/c1-9-5-7-11(12(3)4)8-6-10(9)2/h9-11H,3,5-8H2,1-2,4H3/q+1. The average molecular weight is 168 g/mol. The maximum atomic E-state index is 3.99. The van der Waals surface area contributed by atoms with Crippen LogP contribution in [0.2, 0.25) is 0 Å². The summed E-state index contributed by atoms with van der Waals surface area (Å²) in [6.07, 6.45) is 5.44. The molecular formula is C11H22N+. The molecule has 0 heterocycles. The summed E-state index contributed by atoms with van der Waals surface area (Å²) in [6.45, 7) is 8.76. The minimum Gasteiger partial charge on any atom is -0.242 e. The van der Waals surface area contributed by atoms with E-state index in [-0.39, 0.29) is 0 Å². The van der Waals surface area contributed by atoms with Crippen molar-refractivity contribution in [2.24, 2.45) is 11.8 Å². The Bertz CT molecular complexity index is 150. The Hall–Kier alpha value is -0.330. The molecule has 0 spiro atoms. The first-order valence-electron chi connectivity index (χ1n) is 5.14. The van der Waals surface area contributed by atoms with Crippen molar-refractivity contribution in [3.8, 4) is 0 Å². The van der Waals surface area contributed by atoms with Gasteiger partial charge in [-0.05, 0) is 24.7 Å². The van der Waals surface area contributed by atoms with Gasteiger partial charge in [0.2, 0.25) is 0 Å². The summed E-state index contributed by atoms with van der Waals surface area (Å²) in [5.41, 5.74) is 0. The van der Waals surface area contributed by atoms with Gasteiger partial charge in [0.1, 0.15) is 13.8 Å². The summed E-state index contributed by atoms with van der Waals surface area (Å²) in [5.74, 6) is 1.82. The molecule has 0 aliphatic heterocycles. The fraction of sp³-hybridized carbons (Fsp3) is 0.909. The van der Waals surface area contributed by atoms with E-state index in [0.29, 0.717) is 0 Å². The molecule has 1 rings (SSSR count). The van der Waals surface area contributed by atoms with E-state index in [4.69, 9.17) is 0 Å². The molecule has 1 nitrogen and oxygen atoms in total. The van der Waals surface area contributed by atoms with Crippen LogP contribution in [0.1, 0.15) is 39.5 Å². The minimum atomic E-state index is 0.734. The molecular weight excluding hydrogens is 146 g/mol. The molecule has 0 amide bonds. The number of hydrogen-bond acceptors (Lipinski definition) is 0. The van der Waals surface area contributed by atoms with Crippen LogP contribution in [0, 0.1) is 11.8 Å². The molecule has 2 unspecified atom stereocenters. The quantitative estimate of drug-likeness (QED) is 0.321. The number of hydrogen-bond donors (Lipinski definition) is 0. The first kappa shape index (κ1) is 9.76. The van der Waals surface area contributed by atoms with Gasteiger partial charge in [-0.3, -0.25) is 0 Å². The van der Waals surface area contributed by atoms with Crippen LogP contribution in [0.25, 0.3) is 0 Å². The lowest BCUT2D eigenvalue weighted by atomic mass is 9.92. The molecule has 0 saturated heterocycles. The highest BCUT2D eigenvalue weighted by Crippen LogP contribution is 2.28. The summed E-state index contributed by atoms with van der Waals surface area (Å²) in [5, 5.41) is 0. The fourth-order valence-electron chi connectivity index (χ4n) is 2.06. The van der Waals surface area contributed by atoms with Crippen molar-refractivity contribution < 1.29 is 4.58 Å². The van der Waals surface area contributed by atoms with Gasteiger partial charge in [0, 0.05) is 12.8 Å². The predicted molar refractivity (Wildman–Crippen MR) is 53.9 cm³/mol. The molecule has 12 heavy (non-hydrogen) atoms. The van der Waals surface area contributed by atoms with Crippen molar-refractivity contribution in [2.45, 2.75) is 45.6 Å². The molecule has 1 aliphatic rings. The lowest BCUT2D eigenvalue weighted by molar-refractivity contribution is -0.531. The second-order valence-corrected chi connectivity index (χ2v) is 4.52. The minimum absolute atomic E-state index is 0.734. The van der Waals surface area contributed by atoms with Gasteiger partial charge < -0.3 is 0 Å². The Labute approximate surface area is 76.5 Å². The van der Waals surface area contributed by atoms with Crippen LogP contribution in [-0.4, -0.2) is 24.4 Å². The second kappa shape index (κ2) is 4.06. The normalized spacial score (nSPS) is 37.4. The van der Waals surface area contributed by atoms with Crippen LogP contribution in [-0.2, 0) is 0 Å². The zero-order chi connectivity index (χ0) is 9.14. The van der Waals surface area contributed by atoms with E-state index in [1.165, 1.54) is 25.7 Å². The molecule has 1 heteroatoms. The van der Waals surface area contributed by atoms with Gasteiger partial charge in [-0.2, -0.15) is 0 Å². The monoisotopic (exact) mass is 168 g/mol. The van der Waals surface area contributed by atoms with E-state index in [9.17, 15) is 0 Å². The summed E-state index contributed by atoms with van der Waals surface area (Å²) in [4.78, 5) is 0. The third kappa shape index (κ3) is 2.33. The Kier molecular flexibility index (Phi) is 3.30. The van der Waals surface area contributed by atoms with Gasteiger partial charge in [-0.15, -0.1) is 0 Å². The summed E-state index contributed by atoms with van der Waals surface area (Å²) in [7, 11) is 2.10. The Morgan fingerprint density at radius 1 is 1.00 bits per heavy atom. The van der Waals surface area contributed by atoms with Gasteiger partial charge in [-0.1, -0.05) is 13.8 Å². The van der Waals surface area contributed by atoms with E-state index < -0.39 is 0 Å². The van der Waals surface area contributed by atoms with Crippen LogP contribution in [0.4, 0.5) is 0 Å². The van der Waals surface area contributed by atoms with E-state index in [1.54, 1.807) is 0 Å². The lowest BCUT2D eigenvalue weighted by Gasteiger charge is -2.14. The Balaban J connectivity index is 2.49. The van der Waals surface area contributed by atoms with E-state index in [1.807, 2.05) is 0 Å². The third-order valence-corrected chi connectivity index (χ3v) is 3.51. The van der Waals surface area contributed by atoms with Gasteiger partial charge in [0.15, 0.2) is 6.04 Å². The highest BCUT2D eigenvalue weighted by molar-refractivity contribution is 5.14. The first-order chi connectivity index (χ1) is 5.61. The first-order valence-corrected chi connectivity index (χ1v) is 5.14. The fourth-order valence-corrected chi connectivity index (χ4v) is 2.06. The second-order valence-electron chi connectivity index (χ2n) is 4.52. The Morgan fingerprint density at radius 3 is 1.75 bits per heavy atom. The van der Waals surface area contributed by atoms with E-state index in [2.05, 4.69) is 32.2 Å². The molecule has 1 fully saturated rings. The van der Waals surface area contributed by atoms with Crippen molar-refractivity contribution in [3.63, 3.8) is 0 Å². The SMILES string of the molecule is C=[N+](C)C1CCC(C)C(C)CC1. The molecule has 70 valence electrons. The summed E-state index contributed by atoms with van der Waals surface area (Å²) >= 11 is 0. The zero-order valence-electron chi connectivity index (χ0n) is 8.71. The largest absolute Gasteiger partial charge is 0.242 e. The van der Waals surface area contributed by atoms with Crippen LogP contribution >= 0.6 is 0 Å². The highest BCUT2D eigenvalue weighted by Gasteiger charge is 2.24. The Morgan fingerprint density at radius 2 is 1.42 bits per heavy atom. The van der Waals surface area contributed by atoms with E-state index in [0.717, 1.165) is 17.9 Å². The van der Waals surface area contributed by atoms with Crippen LogP contribution < -0.4 is 0 Å². The topological polar surface area (TPSA) is 3.01 Å². The number of nitrogens with zero attached hydrogens (tertiary/aromatic N) is 1. The molecule has 2 atom stereocenters. The lowest BCUT2D eigenvalue weighted by Crippen LogP contribution is -2.20. The maximum Gasteiger partial charge on any atom is 0.151 e. The van der Waals surface area contributed by atoms with E-state index >= 15 is 0 Å². The molecule has 1 aliphatic carbocycles. The van der Waals surface area contributed by atoms with Crippen molar-refractivity contribution >= 4 is 6.72 Å². The van der Waals surface area contributed by atoms with Crippen molar-refractivity contribution in [3.05, 3.63) is 0 Å². The smallest absolute Gasteiger partial charge is 0.151 e. The molecule has 0 aromatic rings. The van der Waals surface area contributed by atoms with Crippen LogP contribution in [0.15, 0.2) is 0 Å². The average Bonchev–Trinajstić information content (AvgIpc) is 2.16.